The number of benzene rings is 1. The third kappa shape index (κ3) is 2.96. The number of hydrazone groups is 1. The van der Waals surface area contributed by atoms with Crippen LogP contribution in [0.2, 0.25) is 0 Å². The monoisotopic (exact) mass is 259 g/mol. The first-order valence-corrected chi connectivity index (χ1v) is 6.69. The minimum atomic E-state index is 0.844. The summed E-state index contributed by atoms with van der Waals surface area (Å²) < 4.78 is 0. The number of aryl methyl sites for hydroxylation is 3. The zero-order chi connectivity index (χ0) is 13.1. The van der Waals surface area contributed by atoms with Crippen molar-refractivity contribution in [2.45, 2.75) is 27.7 Å². The van der Waals surface area contributed by atoms with Crippen molar-refractivity contribution in [3.05, 3.63) is 46.0 Å². The molecule has 0 saturated heterocycles. The van der Waals surface area contributed by atoms with Gasteiger partial charge in [-0.25, -0.2) is 4.98 Å². The lowest BCUT2D eigenvalue weighted by atomic mass is 10.1. The van der Waals surface area contributed by atoms with Crippen LogP contribution in [0.25, 0.3) is 0 Å². The van der Waals surface area contributed by atoms with Gasteiger partial charge in [0.1, 0.15) is 0 Å². The predicted octanol–water partition coefficient (Wildman–Crippen LogP) is 3.90. The van der Waals surface area contributed by atoms with E-state index in [0.717, 1.165) is 22.1 Å². The highest BCUT2D eigenvalue weighted by molar-refractivity contribution is 7.15. The molecule has 0 fully saturated rings. The van der Waals surface area contributed by atoms with E-state index in [1.165, 1.54) is 10.4 Å². The molecule has 1 aromatic carbocycles. The Bertz CT molecular complexity index is 548. The summed E-state index contributed by atoms with van der Waals surface area (Å²) in [7, 11) is 0. The number of aromatic nitrogens is 1. The topological polar surface area (TPSA) is 37.3 Å². The lowest BCUT2D eigenvalue weighted by Gasteiger charge is -2.01. The molecule has 1 N–H and O–H groups in total. The number of anilines is 1. The van der Waals surface area contributed by atoms with Gasteiger partial charge in [0.15, 0.2) is 0 Å². The van der Waals surface area contributed by atoms with Crippen molar-refractivity contribution in [3.63, 3.8) is 0 Å². The summed E-state index contributed by atoms with van der Waals surface area (Å²) in [5.41, 5.74) is 7.41. The van der Waals surface area contributed by atoms with Gasteiger partial charge in [0.2, 0.25) is 5.13 Å². The maximum atomic E-state index is 4.39. The average molecular weight is 259 g/mol. The molecule has 0 saturated carbocycles. The van der Waals surface area contributed by atoms with Gasteiger partial charge in [-0.1, -0.05) is 29.8 Å². The van der Waals surface area contributed by atoms with Crippen molar-refractivity contribution < 1.29 is 0 Å². The molecule has 1 heterocycles. The summed E-state index contributed by atoms with van der Waals surface area (Å²) in [6.45, 7) is 8.14. The van der Waals surface area contributed by atoms with Crippen molar-refractivity contribution >= 4 is 22.2 Å². The molecule has 0 aliphatic carbocycles. The number of nitrogens with one attached hydrogen (secondary N) is 1. The van der Waals surface area contributed by atoms with Crippen LogP contribution in [0, 0.1) is 20.8 Å². The zero-order valence-electron chi connectivity index (χ0n) is 11.1. The fourth-order valence-corrected chi connectivity index (χ4v) is 2.27. The van der Waals surface area contributed by atoms with Crippen molar-refractivity contribution in [1.29, 1.82) is 0 Å². The van der Waals surface area contributed by atoms with Crippen molar-refractivity contribution in [1.82, 2.24) is 4.98 Å². The largest absolute Gasteiger partial charge is 0.252 e. The summed E-state index contributed by atoms with van der Waals surface area (Å²) in [5, 5.41) is 5.21. The number of rotatable bonds is 3. The van der Waals surface area contributed by atoms with Crippen LogP contribution in [-0.2, 0) is 0 Å². The standard InChI is InChI=1S/C14H17N3S/c1-9-5-7-13(8-6-9)11(3)16-17-14-15-10(2)12(4)18-14/h5-8H,1-4H3,(H,15,17)/b16-11-. The molecule has 4 heteroatoms. The fraction of sp³-hybridized carbons (Fsp3) is 0.286. The van der Waals surface area contributed by atoms with Gasteiger partial charge in [-0.2, -0.15) is 5.10 Å². The summed E-state index contributed by atoms with van der Waals surface area (Å²) in [5.74, 6) is 0. The van der Waals surface area contributed by atoms with E-state index in [1.54, 1.807) is 11.3 Å². The van der Waals surface area contributed by atoms with Crippen LogP contribution < -0.4 is 5.43 Å². The van der Waals surface area contributed by atoms with Gasteiger partial charge in [-0.3, -0.25) is 5.43 Å². The highest BCUT2D eigenvalue weighted by atomic mass is 32.1. The molecule has 1 aromatic heterocycles. The Morgan fingerprint density at radius 2 is 1.83 bits per heavy atom. The molecule has 0 radical (unpaired) electrons. The van der Waals surface area contributed by atoms with Crippen LogP contribution >= 0.6 is 11.3 Å². The molecule has 0 atom stereocenters. The summed E-state index contributed by atoms with van der Waals surface area (Å²) in [6, 6.07) is 8.33. The summed E-state index contributed by atoms with van der Waals surface area (Å²) >= 11 is 1.62. The highest BCUT2D eigenvalue weighted by Gasteiger charge is 2.02. The molecular weight excluding hydrogens is 242 g/mol. The van der Waals surface area contributed by atoms with Crippen molar-refractivity contribution in [3.8, 4) is 0 Å². The van der Waals surface area contributed by atoms with Crippen LogP contribution in [0.1, 0.15) is 28.6 Å². The summed E-state index contributed by atoms with van der Waals surface area (Å²) in [6.07, 6.45) is 0. The first-order chi connectivity index (χ1) is 8.56. The molecule has 94 valence electrons. The van der Waals surface area contributed by atoms with E-state index in [1.807, 2.05) is 13.8 Å². The van der Waals surface area contributed by atoms with Gasteiger partial charge in [-0.15, -0.1) is 11.3 Å². The molecule has 0 spiro atoms. The van der Waals surface area contributed by atoms with Crippen molar-refractivity contribution in [2.75, 3.05) is 5.43 Å². The zero-order valence-corrected chi connectivity index (χ0v) is 11.9. The maximum absolute atomic E-state index is 4.39. The van der Waals surface area contributed by atoms with E-state index < -0.39 is 0 Å². The molecule has 2 rings (SSSR count). The molecule has 0 unspecified atom stereocenters. The maximum Gasteiger partial charge on any atom is 0.203 e. The number of thiazole rings is 1. The molecule has 3 nitrogen and oxygen atoms in total. The molecule has 0 aliphatic rings. The van der Waals surface area contributed by atoms with Gasteiger partial charge in [0.25, 0.3) is 0 Å². The van der Waals surface area contributed by atoms with E-state index in [0.29, 0.717) is 0 Å². The normalized spacial score (nSPS) is 11.7. The smallest absolute Gasteiger partial charge is 0.203 e. The molecule has 0 aliphatic heterocycles. The van der Waals surface area contributed by atoms with E-state index in [4.69, 9.17) is 0 Å². The first kappa shape index (κ1) is 12.8. The Hall–Kier alpha value is -1.68. The van der Waals surface area contributed by atoms with Gasteiger partial charge in [-0.05, 0) is 33.3 Å². The number of hydrogen-bond acceptors (Lipinski definition) is 4. The Balaban J connectivity index is 2.11. The van der Waals surface area contributed by atoms with Gasteiger partial charge in [0, 0.05) is 4.88 Å². The van der Waals surface area contributed by atoms with Gasteiger partial charge < -0.3 is 0 Å². The second-order valence-corrected chi connectivity index (χ2v) is 5.54. The minimum absolute atomic E-state index is 0.844. The Labute approximate surface area is 112 Å². The second kappa shape index (κ2) is 5.31. The van der Waals surface area contributed by atoms with E-state index in [-0.39, 0.29) is 0 Å². The number of nitrogens with zero attached hydrogens (tertiary/aromatic N) is 2. The molecule has 0 bridgehead atoms. The van der Waals surface area contributed by atoms with E-state index in [9.17, 15) is 0 Å². The fourth-order valence-electron chi connectivity index (χ4n) is 1.51. The highest BCUT2D eigenvalue weighted by Crippen LogP contribution is 2.21. The van der Waals surface area contributed by atoms with Gasteiger partial charge in [0.05, 0.1) is 11.4 Å². The Morgan fingerprint density at radius 3 is 2.39 bits per heavy atom. The molecule has 18 heavy (non-hydrogen) atoms. The predicted molar refractivity (Wildman–Crippen MR) is 78.6 cm³/mol. The first-order valence-electron chi connectivity index (χ1n) is 5.87. The van der Waals surface area contributed by atoms with Gasteiger partial charge >= 0.3 is 0 Å². The third-order valence-corrected chi connectivity index (χ3v) is 3.79. The second-order valence-electron chi connectivity index (χ2n) is 4.34. The number of hydrogen-bond donors (Lipinski definition) is 1. The van der Waals surface area contributed by atoms with Crippen LogP contribution in [-0.4, -0.2) is 10.7 Å². The van der Waals surface area contributed by atoms with Crippen LogP contribution in [0.3, 0.4) is 0 Å². The van der Waals surface area contributed by atoms with Crippen LogP contribution in [0.4, 0.5) is 5.13 Å². The SMILES string of the molecule is C/C(=N/Nc1nc(C)c(C)s1)c1ccc(C)cc1. The summed E-state index contributed by atoms with van der Waals surface area (Å²) in [4.78, 5) is 5.61. The Morgan fingerprint density at radius 1 is 1.17 bits per heavy atom. The third-order valence-electron chi connectivity index (χ3n) is 2.82. The quantitative estimate of drug-likeness (QED) is 0.670. The van der Waals surface area contributed by atoms with Crippen LogP contribution in [0.5, 0.6) is 0 Å². The average Bonchev–Trinajstić information content (AvgIpc) is 2.67. The molecular formula is C14H17N3S. The van der Waals surface area contributed by atoms with Crippen molar-refractivity contribution in [2.24, 2.45) is 5.10 Å². The van der Waals surface area contributed by atoms with E-state index in [2.05, 4.69) is 53.6 Å². The lowest BCUT2D eigenvalue weighted by molar-refractivity contribution is 1.19. The van der Waals surface area contributed by atoms with Crippen LogP contribution in [0.15, 0.2) is 29.4 Å². The molecule has 0 amide bonds. The Kier molecular flexibility index (Phi) is 3.77. The van der Waals surface area contributed by atoms with E-state index >= 15 is 0 Å². The molecule has 2 aromatic rings. The lowest BCUT2D eigenvalue weighted by Crippen LogP contribution is -1.99. The minimum Gasteiger partial charge on any atom is -0.252 e.